The van der Waals surface area contributed by atoms with Crippen LogP contribution >= 0.6 is 0 Å². The molecule has 1 saturated heterocycles. The van der Waals surface area contributed by atoms with E-state index in [1.807, 2.05) is 4.90 Å². The lowest BCUT2D eigenvalue weighted by molar-refractivity contribution is -0.134. The van der Waals surface area contributed by atoms with E-state index < -0.39 is 0 Å². The van der Waals surface area contributed by atoms with Crippen LogP contribution in [0.3, 0.4) is 0 Å². The molecule has 1 aliphatic carbocycles. The van der Waals surface area contributed by atoms with Gasteiger partial charge in [0.25, 0.3) is 0 Å². The fourth-order valence-electron chi connectivity index (χ4n) is 3.99. The van der Waals surface area contributed by atoms with Gasteiger partial charge in [0.15, 0.2) is 0 Å². The predicted molar refractivity (Wildman–Crippen MR) is 87.3 cm³/mol. The van der Waals surface area contributed by atoms with E-state index >= 15 is 0 Å². The first-order chi connectivity index (χ1) is 9.89. The maximum atomic E-state index is 12.5. The van der Waals surface area contributed by atoms with Gasteiger partial charge in [0.2, 0.25) is 5.91 Å². The molecule has 21 heavy (non-hydrogen) atoms. The molecule has 1 amide bonds. The summed E-state index contributed by atoms with van der Waals surface area (Å²) in [5.41, 5.74) is 0.331. The normalized spacial score (nSPS) is 28.0. The molecule has 4 heteroatoms. The third-order valence-corrected chi connectivity index (χ3v) is 5.26. The standard InChI is InChI=1S/C17H33N3O/c1-17(2,3)14-7-5-6-8-15(14)19(4)13-16(21)20-11-9-18-10-12-20/h14-15,18H,5-13H2,1-4H3. The van der Waals surface area contributed by atoms with E-state index in [1.165, 1.54) is 25.7 Å². The van der Waals surface area contributed by atoms with Crippen LogP contribution in [-0.4, -0.2) is 61.5 Å². The minimum absolute atomic E-state index is 0.303. The molecule has 0 aromatic heterocycles. The second-order valence-electron chi connectivity index (χ2n) is 7.87. The third kappa shape index (κ3) is 4.43. The fraction of sp³-hybridized carbons (Fsp3) is 0.941. The Morgan fingerprint density at radius 3 is 2.43 bits per heavy atom. The van der Waals surface area contributed by atoms with Crippen LogP contribution in [0.25, 0.3) is 0 Å². The average molecular weight is 295 g/mol. The summed E-state index contributed by atoms with van der Waals surface area (Å²) in [4.78, 5) is 16.8. The quantitative estimate of drug-likeness (QED) is 0.864. The molecule has 1 N–H and O–H groups in total. The molecule has 2 atom stereocenters. The Labute approximate surface area is 130 Å². The van der Waals surface area contributed by atoms with Crippen LogP contribution in [0.5, 0.6) is 0 Å². The van der Waals surface area contributed by atoms with Crippen molar-refractivity contribution >= 4 is 5.91 Å². The van der Waals surface area contributed by atoms with E-state index in [0.717, 1.165) is 26.2 Å². The molecule has 2 unspecified atom stereocenters. The van der Waals surface area contributed by atoms with Gasteiger partial charge < -0.3 is 10.2 Å². The van der Waals surface area contributed by atoms with Crippen LogP contribution < -0.4 is 5.32 Å². The second kappa shape index (κ2) is 7.10. The molecule has 4 nitrogen and oxygen atoms in total. The van der Waals surface area contributed by atoms with Gasteiger partial charge in [0.1, 0.15) is 0 Å². The van der Waals surface area contributed by atoms with Crippen molar-refractivity contribution in [2.45, 2.75) is 52.5 Å². The molecule has 2 aliphatic rings. The summed E-state index contributed by atoms with van der Waals surface area (Å²) >= 11 is 0. The molecule has 0 spiro atoms. The lowest BCUT2D eigenvalue weighted by atomic mass is 9.69. The molecule has 1 saturated carbocycles. The Morgan fingerprint density at radius 2 is 1.81 bits per heavy atom. The van der Waals surface area contributed by atoms with Crippen LogP contribution in [0.15, 0.2) is 0 Å². The lowest BCUT2D eigenvalue weighted by Crippen LogP contribution is -2.52. The third-order valence-electron chi connectivity index (χ3n) is 5.26. The summed E-state index contributed by atoms with van der Waals surface area (Å²) in [5.74, 6) is 1.00. The highest BCUT2D eigenvalue weighted by Crippen LogP contribution is 2.39. The van der Waals surface area contributed by atoms with Crippen LogP contribution in [0.1, 0.15) is 46.5 Å². The van der Waals surface area contributed by atoms with Gasteiger partial charge in [0.05, 0.1) is 6.54 Å². The first kappa shape index (κ1) is 16.8. The van der Waals surface area contributed by atoms with Crippen molar-refractivity contribution < 1.29 is 4.79 Å². The molecule has 1 heterocycles. The van der Waals surface area contributed by atoms with Crippen molar-refractivity contribution in [3.05, 3.63) is 0 Å². The minimum Gasteiger partial charge on any atom is -0.339 e. The van der Waals surface area contributed by atoms with E-state index in [2.05, 4.69) is 38.0 Å². The van der Waals surface area contributed by atoms with E-state index in [-0.39, 0.29) is 0 Å². The van der Waals surface area contributed by atoms with Crippen molar-refractivity contribution in [1.29, 1.82) is 0 Å². The van der Waals surface area contributed by atoms with Gasteiger partial charge in [-0.3, -0.25) is 9.69 Å². The van der Waals surface area contributed by atoms with E-state index in [0.29, 0.717) is 29.8 Å². The van der Waals surface area contributed by atoms with Gasteiger partial charge in [-0.15, -0.1) is 0 Å². The fourth-order valence-corrected chi connectivity index (χ4v) is 3.99. The van der Waals surface area contributed by atoms with Gasteiger partial charge in [-0.25, -0.2) is 0 Å². The Balaban J connectivity index is 1.93. The number of hydrogen-bond acceptors (Lipinski definition) is 3. The first-order valence-electron chi connectivity index (χ1n) is 8.58. The van der Waals surface area contributed by atoms with Crippen molar-refractivity contribution in [2.75, 3.05) is 39.8 Å². The van der Waals surface area contributed by atoms with Crippen molar-refractivity contribution in [2.24, 2.45) is 11.3 Å². The molecular weight excluding hydrogens is 262 g/mol. The number of likely N-dealkylation sites (N-methyl/N-ethyl adjacent to an activating group) is 1. The highest BCUT2D eigenvalue weighted by molar-refractivity contribution is 5.78. The molecule has 1 aliphatic heterocycles. The number of carbonyl (C=O) groups excluding carboxylic acids is 1. The molecule has 0 aromatic rings. The van der Waals surface area contributed by atoms with Gasteiger partial charge in [-0.1, -0.05) is 33.6 Å². The van der Waals surface area contributed by atoms with Crippen molar-refractivity contribution in [1.82, 2.24) is 15.1 Å². The number of nitrogens with one attached hydrogen (secondary N) is 1. The molecular formula is C17H33N3O. The van der Waals surface area contributed by atoms with Crippen molar-refractivity contribution in [3.63, 3.8) is 0 Å². The highest BCUT2D eigenvalue weighted by Gasteiger charge is 2.36. The molecule has 122 valence electrons. The molecule has 2 rings (SSSR count). The maximum absolute atomic E-state index is 12.5. The zero-order valence-electron chi connectivity index (χ0n) is 14.3. The van der Waals surface area contributed by atoms with Crippen molar-refractivity contribution in [3.8, 4) is 0 Å². The van der Waals surface area contributed by atoms with Gasteiger partial charge in [-0.2, -0.15) is 0 Å². The SMILES string of the molecule is CN(CC(=O)N1CCNCC1)C1CCCCC1C(C)(C)C. The Kier molecular flexibility index (Phi) is 5.67. The van der Waals surface area contributed by atoms with Gasteiger partial charge in [-0.05, 0) is 31.2 Å². The summed E-state index contributed by atoms with van der Waals surface area (Å²) < 4.78 is 0. The van der Waals surface area contributed by atoms with Gasteiger partial charge in [0, 0.05) is 32.2 Å². The lowest BCUT2D eigenvalue weighted by Gasteiger charge is -2.45. The zero-order valence-corrected chi connectivity index (χ0v) is 14.3. The Hall–Kier alpha value is -0.610. The molecule has 0 bridgehead atoms. The van der Waals surface area contributed by atoms with E-state index in [4.69, 9.17) is 0 Å². The number of nitrogens with zero attached hydrogens (tertiary/aromatic N) is 2. The summed E-state index contributed by atoms with van der Waals surface area (Å²) in [5, 5.41) is 3.31. The minimum atomic E-state index is 0.303. The van der Waals surface area contributed by atoms with Crippen LogP contribution in [0, 0.1) is 11.3 Å². The highest BCUT2D eigenvalue weighted by atomic mass is 16.2. The van der Waals surface area contributed by atoms with Crippen LogP contribution in [-0.2, 0) is 4.79 Å². The number of amides is 1. The number of rotatable bonds is 3. The average Bonchev–Trinajstić information content (AvgIpc) is 2.47. The Morgan fingerprint density at radius 1 is 1.19 bits per heavy atom. The first-order valence-corrected chi connectivity index (χ1v) is 8.58. The molecule has 0 radical (unpaired) electrons. The summed E-state index contributed by atoms with van der Waals surface area (Å²) in [6.07, 6.45) is 5.20. The summed E-state index contributed by atoms with van der Waals surface area (Å²) in [6.45, 7) is 11.2. The number of carbonyl (C=O) groups is 1. The molecule has 0 aromatic carbocycles. The smallest absolute Gasteiger partial charge is 0.236 e. The Bertz CT molecular complexity index is 344. The number of piperazine rings is 1. The monoisotopic (exact) mass is 295 g/mol. The van der Waals surface area contributed by atoms with E-state index in [9.17, 15) is 4.79 Å². The second-order valence-corrected chi connectivity index (χ2v) is 7.87. The van der Waals surface area contributed by atoms with Crippen LogP contribution in [0.2, 0.25) is 0 Å². The zero-order chi connectivity index (χ0) is 15.5. The van der Waals surface area contributed by atoms with Crippen LogP contribution in [0.4, 0.5) is 0 Å². The predicted octanol–water partition coefficient (Wildman–Crippen LogP) is 1.95. The van der Waals surface area contributed by atoms with E-state index in [1.54, 1.807) is 0 Å². The topological polar surface area (TPSA) is 35.6 Å². The number of hydrogen-bond donors (Lipinski definition) is 1. The van der Waals surface area contributed by atoms with Gasteiger partial charge >= 0.3 is 0 Å². The molecule has 2 fully saturated rings. The summed E-state index contributed by atoms with van der Waals surface area (Å²) in [6, 6.07) is 0.561. The largest absolute Gasteiger partial charge is 0.339 e. The maximum Gasteiger partial charge on any atom is 0.236 e. The summed E-state index contributed by atoms with van der Waals surface area (Å²) in [7, 11) is 2.15.